The zero-order chi connectivity index (χ0) is 54.8. The fourth-order valence-electron chi connectivity index (χ4n) is 8.19. The molecule has 0 radical (unpaired) electrons. The normalized spacial score (nSPS) is 15.0. The van der Waals surface area contributed by atoms with E-state index in [2.05, 4.69) is 71.1 Å². The van der Waals surface area contributed by atoms with Crippen molar-refractivity contribution in [2.24, 2.45) is 0 Å². The Balaban J connectivity index is 1.19. The molecule has 5 heteroatoms. The number of para-hydroxylation sites is 4. The summed E-state index contributed by atoms with van der Waals surface area (Å²) in [5, 5.41) is 0.174. The monoisotopic (exact) mass is 847 g/mol. The lowest BCUT2D eigenvalue weighted by atomic mass is 9.78. The molecule has 3 heterocycles. The number of fused-ring (bicyclic) bond motifs is 4. The highest BCUT2D eigenvalue weighted by atomic mass is 16.5. The molecule has 0 N–H and O–H groups in total. The number of hydrogen-bond acceptors (Lipinski definition) is 2. The average Bonchev–Trinajstić information content (AvgIpc) is 4.01. The molecule has 10 aromatic rings. The smallest absolute Gasteiger partial charge is 0.269 e. The molecule has 316 valence electrons. The number of pyridine rings is 1. The fraction of sp³-hybridized carbons (Fsp3) is 0.186. The highest BCUT2D eigenvalue weighted by Gasteiger charge is 2.25. The van der Waals surface area contributed by atoms with Crippen LogP contribution in [0.15, 0.2) is 176 Å². The van der Waals surface area contributed by atoms with Gasteiger partial charge in [-0.1, -0.05) is 170 Å². The Bertz CT molecular complexity index is 4000. The van der Waals surface area contributed by atoms with Crippen LogP contribution in [0.3, 0.4) is 0 Å². The third-order valence-electron chi connectivity index (χ3n) is 11.6. The zero-order valence-electron chi connectivity index (χ0n) is 49.1. The SMILES string of the molecule is [2H]c1c([2H])c([2H])c(-c2cccc(-c3cc(C(C)(C)C)cc(C(C)(C)C)c3)c2-[n+]2[c-]n(-c3cccc(Oc4cc5c(c([2H])c4[2H])c4c([2H])c([2H])c([2H])c([2H])c4n5-c4cc(C([2H])(C)C)ccn4)c3)c3ccccc32)c([2H])c1[2H]. The fourth-order valence-corrected chi connectivity index (χ4v) is 8.19. The molecule has 0 spiro atoms. The summed E-state index contributed by atoms with van der Waals surface area (Å²) < 4.78 is 119. The average molecular weight is 847 g/mol. The lowest BCUT2D eigenvalue weighted by Gasteiger charge is -2.27. The number of imidazole rings is 1. The molecule has 0 aliphatic carbocycles. The minimum Gasteiger partial charge on any atom is -0.458 e. The van der Waals surface area contributed by atoms with Crippen molar-refractivity contribution in [2.75, 3.05) is 0 Å². The number of rotatable bonds is 8. The molecule has 10 rings (SSSR count). The Morgan fingerprint density at radius 2 is 1.31 bits per heavy atom. The van der Waals surface area contributed by atoms with Gasteiger partial charge in [0.1, 0.15) is 17.3 Å². The van der Waals surface area contributed by atoms with Crippen LogP contribution in [0.4, 0.5) is 0 Å². The summed E-state index contributed by atoms with van der Waals surface area (Å²) in [6.07, 6.45) is 5.12. The van der Waals surface area contributed by atoms with Crippen molar-refractivity contribution in [3.8, 4) is 50.9 Å². The topological polar surface area (TPSA) is 35.9 Å². The molecule has 0 aliphatic rings. The van der Waals surface area contributed by atoms with E-state index in [9.17, 15) is 5.48 Å². The molecule has 0 aliphatic heterocycles. The van der Waals surface area contributed by atoms with Gasteiger partial charge < -0.3 is 4.74 Å². The second kappa shape index (κ2) is 15.8. The predicted molar refractivity (Wildman–Crippen MR) is 265 cm³/mol. The molecule has 0 fully saturated rings. The molecule has 0 saturated carbocycles. The largest absolute Gasteiger partial charge is 0.458 e. The van der Waals surface area contributed by atoms with Crippen molar-refractivity contribution < 1.29 is 25.8 Å². The minimum absolute atomic E-state index is 0.0355. The van der Waals surface area contributed by atoms with Crippen molar-refractivity contribution in [3.05, 3.63) is 199 Å². The first kappa shape index (κ1) is 29.2. The first-order chi connectivity index (χ1) is 35.7. The quantitative estimate of drug-likeness (QED) is 0.113. The molecular weight excluding hydrogens is 781 g/mol. The van der Waals surface area contributed by atoms with Crippen LogP contribution < -0.4 is 9.30 Å². The summed E-state index contributed by atoms with van der Waals surface area (Å²) in [6.45, 7) is 16.4. The maximum atomic E-state index is 9.39. The summed E-state index contributed by atoms with van der Waals surface area (Å²) in [6, 6.07) is 27.4. The third kappa shape index (κ3) is 7.45. The first-order valence-electron chi connectivity index (χ1n) is 27.3. The van der Waals surface area contributed by atoms with Crippen molar-refractivity contribution in [3.63, 3.8) is 0 Å². The van der Waals surface area contributed by atoms with Gasteiger partial charge in [0.05, 0.1) is 48.5 Å². The number of benzene rings is 7. The van der Waals surface area contributed by atoms with Crippen LogP contribution in [-0.2, 0) is 10.8 Å². The minimum atomic E-state index is -1.05. The van der Waals surface area contributed by atoms with Gasteiger partial charge in [0.25, 0.3) is 6.33 Å². The van der Waals surface area contributed by atoms with Crippen molar-refractivity contribution in [2.45, 2.75) is 72.1 Å². The molecule has 64 heavy (non-hydrogen) atoms. The number of aromatic nitrogens is 4. The van der Waals surface area contributed by atoms with Gasteiger partial charge in [0, 0.05) is 24.4 Å². The van der Waals surface area contributed by atoms with E-state index in [0.717, 1.165) is 22.3 Å². The number of nitrogens with zero attached hydrogens (tertiary/aromatic N) is 4. The summed E-state index contributed by atoms with van der Waals surface area (Å²) in [5.74, 6) is -0.550. The first-order valence-corrected chi connectivity index (χ1v) is 21.3. The standard InChI is InChI=1S/C59H54N4O/c1-39(2)41-30-31-60-56(34-41)63-52-25-13-12-22-50(52)51-29-28-47(37-55(51)63)64-46-21-16-20-45(36-46)61-38-62(54-27-15-14-26-53(54)61)57-48(40-18-10-9-11-19-40)23-17-24-49(57)42-32-43(58(3,4)5)35-44(33-42)59(6,7)8/h9-37,39H,1-8H3/i9D,10D,11D,12D,13D,18D,19D,22D,25D,28D,29D,39D. The van der Waals surface area contributed by atoms with Gasteiger partial charge in [0.2, 0.25) is 0 Å². The van der Waals surface area contributed by atoms with Crippen LogP contribution >= 0.6 is 0 Å². The van der Waals surface area contributed by atoms with E-state index in [0.29, 0.717) is 33.5 Å². The van der Waals surface area contributed by atoms with Gasteiger partial charge in [-0.2, -0.15) is 0 Å². The molecule has 0 saturated heterocycles. The van der Waals surface area contributed by atoms with E-state index in [-0.39, 0.29) is 91.8 Å². The second-order valence-electron chi connectivity index (χ2n) is 18.3. The number of ether oxygens (including phenoxy) is 1. The van der Waals surface area contributed by atoms with Crippen LogP contribution in [0.5, 0.6) is 11.5 Å². The van der Waals surface area contributed by atoms with Gasteiger partial charge in [-0.3, -0.25) is 13.7 Å². The Labute approximate surface area is 393 Å². The van der Waals surface area contributed by atoms with Crippen LogP contribution in [0.1, 0.15) is 94.4 Å². The summed E-state index contributed by atoms with van der Waals surface area (Å²) >= 11 is 0. The molecule has 0 bridgehead atoms. The molecule has 5 nitrogen and oxygen atoms in total. The Morgan fingerprint density at radius 3 is 2.06 bits per heavy atom. The predicted octanol–water partition coefficient (Wildman–Crippen LogP) is 15.0. The maximum absolute atomic E-state index is 9.39. The van der Waals surface area contributed by atoms with Gasteiger partial charge in [-0.25, -0.2) is 4.98 Å². The highest BCUT2D eigenvalue weighted by molar-refractivity contribution is 6.09. The van der Waals surface area contributed by atoms with Crippen molar-refractivity contribution >= 4 is 32.8 Å². The Hall–Kier alpha value is -7.24. The summed E-state index contributed by atoms with van der Waals surface area (Å²) in [5.41, 5.74) is 7.17. The Morgan fingerprint density at radius 1 is 0.625 bits per heavy atom. The van der Waals surface area contributed by atoms with E-state index in [4.69, 9.17) is 15.7 Å². The molecule has 7 aromatic carbocycles. The van der Waals surface area contributed by atoms with Crippen LogP contribution in [-0.4, -0.2) is 14.1 Å². The molecule has 0 atom stereocenters. The van der Waals surface area contributed by atoms with Gasteiger partial charge in [0.15, 0.2) is 0 Å². The van der Waals surface area contributed by atoms with Gasteiger partial charge >= 0.3 is 0 Å². The van der Waals surface area contributed by atoms with Crippen LogP contribution in [0.2, 0.25) is 0 Å². The molecule has 0 unspecified atom stereocenters. The van der Waals surface area contributed by atoms with Gasteiger partial charge in [-0.15, -0.1) is 0 Å². The summed E-state index contributed by atoms with van der Waals surface area (Å²) in [7, 11) is 0. The maximum Gasteiger partial charge on any atom is 0.269 e. The lowest BCUT2D eigenvalue weighted by molar-refractivity contribution is -0.571. The number of hydrogen-bond donors (Lipinski definition) is 0. The van der Waals surface area contributed by atoms with E-state index >= 15 is 0 Å². The van der Waals surface area contributed by atoms with E-state index in [1.807, 2.05) is 51.6 Å². The van der Waals surface area contributed by atoms with E-state index in [1.165, 1.54) is 16.8 Å². The van der Waals surface area contributed by atoms with E-state index in [1.54, 1.807) is 50.2 Å². The second-order valence-corrected chi connectivity index (χ2v) is 18.3. The zero-order valence-corrected chi connectivity index (χ0v) is 37.1. The van der Waals surface area contributed by atoms with Crippen molar-refractivity contribution in [1.29, 1.82) is 0 Å². The van der Waals surface area contributed by atoms with Crippen LogP contribution in [0, 0.1) is 6.33 Å². The third-order valence-corrected chi connectivity index (χ3v) is 11.6. The van der Waals surface area contributed by atoms with Crippen molar-refractivity contribution in [1.82, 2.24) is 14.1 Å². The lowest BCUT2D eigenvalue weighted by Crippen LogP contribution is -2.31. The van der Waals surface area contributed by atoms with Gasteiger partial charge in [-0.05, 0) is 104 Å². The van der Waals surface area contributed by atoms with Crippen LogP contribution in [0.25, 0.3) is 72.3 Å². The molecule has 3 aromatic heterocycles. The Kier molecular flexibility index (Phi) is 7.22. The molecule has 0 amide bonds. The highest BCUT2D eigenvalue weighted by Crippen LogP contribution is 2.40. The van der Waals surface area contributed by atoms with E-state index < -0.39 is 36.1 Å². The molecular formula is C59H54N4O. The summed E-state index contributed by atoms with van der Waals surface area (Å²) in [4.78, 5) is 4.60.